The van der Waals surface area contributed by atoms with Crippen molar-refractivity contribution < 1.29 is 39.0 Å². The maximum absolute atomic E-state index is 13.2. The van der Waals surface area contributed by atoms with E-state index in [2.05, 4.69) is 0 Å². The summed E-state index contributed by atoms with van der Waals surface area (Å²) in [7, 11) is 0. The van der Waals surface area contributed by atoms with Crippen LogP contribution in [0.1, 0.15) is 35.4 Å². The van der Waals surface area contributed by atoms with Crippen LogP contribution in [0.5, 0.6) is 0 Å². The Balaban J connectivity index is 1.22. The number of ketones is 2. The third kappa shape index (κ3) is 4.35. The van der Waals surface area contributed by atoms with Crippen molar-refractivity contribution >= 4 is 41.0 Å². The molecule has 3 unspecified atom stereocenters. The second-order valence-corrected chi connectivity index (χ2v) is 10.5. The number of nitrogens with zero attached hydrogens (tertiary/aromatic N) is 1. The first kappa shape index (κ1) is 26.1. The molecule has 1 fully saturated rings. The highest BCUT2D eigenvalue weighted by atomic mass is 16.4. The molecule has 0 saturated carbocycles. The number of hydrogen-bond acceptors (Lipinski definition) is 6. The van der Waals surface area contributed by atoms with Gasteiger partial charge < -0.3 is 10.2 Å². The van der Waals surface area contributed by atoms with Crippen molar-refractivity contribution in [3.63, 3.8) is 0 Å². The van der Waals surface area contributed by atoms with Crippen LogP contribution in [-0.4, -0.2) is 45.5 Å². The molecule has 2 amide bonds. The van der Waals surface area contributed by atoms with E-state index in [0.717, 1.165) is 16.0 Å². The first-order valence-corrected chi connectivity index (χ1v) is 13.1. The molecule has 9 heteroatoms. The van der Waals surface area contributed by atoms with Crippen LogP contribution in [0.2, 0.25) is 0 Å². The van der Waals surface area contributed by atoms with Gasteiger partial charge in [-0.3, -0.25) is 24.0 Å². The molecule has 1 heterocycles. The summed E-state index contributed by atoms with van der Waals surface area (Å²) in [6.45, 7) is 0. The number of anilines is 1. The Morgan fingerprint density at radius 1 is 0.927 bits per heavy atom. The lowest BCUT2D eigenvalue weighted by Gasteiger charge is -2.16. The molecular weight excluding hydrogens is 526 g/mol. The Hall–Kier alpha value is -5.18. The number of hydrogen-bond donors (Lipinski definition) is 2. The lowest BCUT2D eigenvalue weighted by atomic mass is 9.89. The van der Waals surface area contributed by atoms with Crippen LogP contribution in [0.15, 0.2) is 95.1 Å². The highest BCUT2D eigenvalue weighted by Crippen LogP contribution is 2.40. The largest absolute Gasteiger partial charge is 0.481 e. The zero-order valence-electron chi connectivity index (χ0n) is 21.6. The molecule has 6 rings (SSSR count). The lowest BCUT2D eigenvalue weighted by molar-refractivity contribution is -0.140. The maximum Gasteiger partial charge on any atom is 0.335 e. The fourth-order valence-corrected chi connectivity index (χ4v) is 5.94. The van der Waals surface area contributed by atoms with Gasteiger partial charge in [0.15, 0.2) is 11.6 Å². The molecule has 0 aromatic heterocycles. The van der Waals surface area contributed by atoms with Crippen molar-refractivity contribution in [2.45, 2.75) is 25.2 Å². The van der Waals surface area contributed by atoms with Gasteiger partial charge in [0.2, 0.25) is 5.91 Å². The summed E-state index contributed by atoms with van der Waals surface area (Å²) in [5.74, 6) is -6.44. The van der Waals surface area contributed by atoms with E-state index in [1.54, 1.807) is 36.4 Å². The molecule has 0 spiro atoms. The normalized spacial score (nSPS) is 23.4. The van der Waals surface area contributed by atoms with E-state index in [1.807, 2.05) is 12.1 Å². The van der Waals surface area contributed by atoms with Crippen LogP contribution in [0, 0.1) is 11.8 Å². The van der Waals surface area contributed by atoms with Crippen molar-refractivity contribution in [2.24, 2.45) is 11.8 Å². The summed E-state index contributed by atoms with van der Waals surface area (Å²) < 4.78 is 0. The summed E-state index contributed by atoms with van der Waals surface area (Å²) in [6, 6.07) is 14.0. The minimum absolute atomic E-state index is 0.00585. The van der Waals surface area contributed by atoms with Gasteiger partial charge in [-0.1, -0.05) is 54.6 Å². The van der Waals surface area contributed by atoms with E-state index in [4.69, 9.17) is 0 Å². The van der Waals surface area contributed by atoms with Crippen molar-refractivity contribution in [1.29, 1.82) is 0 Å². The van der Waals surface area contributed by atoms with E-state index >= 15 is 0 Å². The van der Waals surface area contributed by atoms with Crippen LogP contribution < -0.4 is 4.90 Å². The standard InChI is InChI=1S/C32H23NO8/c34-27-22-9-7-19(31(38)39)14-24(22)28(35)26(27)18-5-1-3-16(12-18)11-17-4-2-6-21(13-17)33-29(36)23-10-8-20(32(40)41)15-25(23)30(33)37/h1-9,12-13,15,19,23,26H,10-11,14H2,(H,38,39)(H,40,41). The summed E-state index contributed by atoms with van der Waals surface area (Å²) in [5, 5.41) is 18.6. The second kappa shape index (κ2) is 9.78. The van der Waals surface area contributed by atoms with Crippen molar-refractivity contribution in [3.05, 3.63) is 112 Å². The number of imide groups is 1. The van der Waals surface area contributed by atoms with Crippen molar-refractivity contribution in [1.82, 2.24) is 0 Å². The SMILES string of the molecule is O=C(O)C1=CCC2C(=O)N(c3cccc(Cc4cccc(C5C(=O)C6=C(CC(C(=O)O)C=C6)C5=O)c4)c3)C(=O)C2=C1. The van der Waals surface area contributed by atoms with Crippen LogP contribution in [0.25, 0.3) is 0 Å². The quantitative estimate of drug-likeness (QED) is 0.412. The number of carboxylic acids is 2. The van der Waals surface area contributed by atoms with Gasteiger partial charge in [-0.2, -0.15) is 0 Å². The Bertz CT molecular complexity index is 1720. The van der Waals surface area contributed by atoms with Gasteiger partial charge in [0.1, 0.15) is 5.92 Å². The van der Waals surface area contributed by atoms with Gasteiger partial charge in [0.05, 0.1) is 23.1 Å². The predicted octanol–water partition coefficient (Wildman–Crippen LogP) is 3.30. The molecule has 204 valence electrons. The van der Waals surface area contributed by atoms with Crippen molar-refractivity contribution in [2.75, 3.05) is 4.90 Å². The van der Waals surface area contributed by atoms with E-state index < -0.39 is 41.5 Å². The summed E-state index contributed by atoms with van der Waals surface area (Å²) in [5.41, 5.74) is 3.16. The van der Waals surface area contributed by atoms with Crippen LogP contribution in [0.3, 0.4) is 0 Å². The van der Waals surface area contributed by atoms with Crippen LogP contribution in [0.4, 0.5) is 5.69 Å². The molecule has 0 radical (unpaired) electrons. The zero-order chi connectivity index (χ0) is 29.0. The number of carboxylic acid groups (broad SMARTS) is 2. The lowest BCUT2D eigenvalue weighted by Crippen LogP contribution is -2.30. The molecule has 41 heavy (non-hydrogen) atoms. The van der Waals surface area contributed by atoms with Gasteiger partial charge in [-0.25, -0.2) is 9.69 Å². The molecule has 0 bridgehead atoms. The van der Waals surface area contributed by atoms with E-state index in [9.17, 15) is 39.0 Å². The second-order valence-electron chi connectivity index (χ2n) is 10.5. The smallest absolute Gasteiger partial charge is 0.335 e. The molecule has 3 aliphatic carbocycles. The number of amides is 2. The van der Waals surface area contributed by atoms with E-state index in [1.165, 1.54) is 24.3 Å². The minimum Gasteiger partial charge on any atom is -0.481 e. The van der Waals surface area contributed by atoms with Gasteiger partial charge in [-0.15, -0.1) is 0 Å². The maximum atomic E-state index is 13.2. The van der Waals surface area contributed by atoms with Gasteiger partial charge >= 0.3 is 11.9 Å². The molecule has 2 aromatic rings. The van der Waals surface area contributed by atoms with Gasteiger partial charge in [-0.05, 0) is 54.2 Å². The number of aliphatic carboxylic acids is 2. The third-order valence-electron chi connectivity index (χ3n) is 7.99. The van der Waals surface area contributed by atoms with Crippen molar-refractivity contribution in [3.8, 4) is 0 Å². The third-order valence-corrected chi connectivity index (χ3v) is 7.99. The molecule has 1 aliphatic heterocycles. The molecule has 1 saturated heterocycles. The fourth-order valence-electron chi connectivity index (χ4n) is 5.94. The van der Waals surface area contributed by atoms with E-state index in [-0.39, 0.29) is 46.7 Å². The summed E-state index contributed by atoms with van der Waals surface area (Å²) in [4.78, 5) is 76.4. The van der Waals surface area contributed by atoms with E-state index in [0.29, 0.717) is 17.7 Å². The summed E-state index contributed by atoms with van der Waals surface area (Å²) >= 11 is 0. The first-order valence-electron chi connectivity index (χ1n) is 13.1. The Morgan fingerprint density at radius 3 is 2.39 bits per heavy atom. The Morgan fingerprint density at radius 2 is 1.66 bits per heavy atom. The number of allylic oxidation sites excluding steroid dienone is 4. The van der Waals surface area contributed by atoms with Crippen LogP contribution >= 0.6 is 0 Å². The zero-order valence-corrected chi connectivity index (χ0v) is 21.6. The van der Waals surface area contributed by atoms with Gasteiger partial charge in [0, 0.05) is 16.7 Å². The molecule has 3 atom stereocenters. The molecule has 2 aromatic carbocycles. The first-order chi connectivity index (χ1) is 19.6. The fraction of sp³-hybridized carbons (Fsp3) is 0.188. The molecule has 9 nitrogen and oxygen atoms in total. The monoisotopic (exact) mass is 549 g/mol. The molecule has 4 aliphatic rings. The predicted molar refractivity (Wildman–Crippen MR) is 145 cm³/mol. The number of Topliss-reactive ketones (excluding diaryl/α,β-unsaturated/α-hetero) is 2. The Kier molecular flexibility index (Phi) is 6.22. The summed E-state index contributed by atoms with van der Waals surface area (Å²) in [6.07, 6.45) is 6.12. The number of carbonyl (C=O) groups excluding carboxylic acids is 4. The average Bonchev–Trinajstić information content (AvgIpc) is 3.36. The minimum atomic E-state index is -1.16. The number of benzene rings is 2. The highest BCUT2D eigenvalue weighted by molar-refractivity contribution is 6.30. The molecule has 2 N–H and O–H groups in total. The van der Waals surface area contributed by atoms with Crippen LogP contribution in [-0.2, 0) is 35.2 Å². The highest BCUT2D eigenvalue weighted by Gasteiger charge is 2.45. The topological polar surface area (TPSA) is 146 Å². The average molecular weight is 550 g/mol. The van der Waals surface area contributed by atoms with Gasteiger partial charge in [0.25, 0.3) is 5.91 Å². The molecular formula is C32H23NO8. The number of carbonyl (C=O) groups is 6. The number of rotatable bonds is 6. The number of fused-ring (bicyclic) bond motifs is 1. The Labute approximate surface area is 233 Å².